The van der Waals surface area contributed by atoms with Gasteiger partial charge in [-0.1, -0.05) is 18.2 Å². The fourth-order valence-electron chi connectivity index (χ4n) is 1.63. The van der Waals surface area contributed by atoms with Gasteiger partial charge in [0.2, 0.25) is 0 Å². The number of hydrogen-bond acceptors (Lipinski definition) is 2. The summed E-state index contributed by atoms with van der Waals surface area (Å²) in [5.41, 5.74) is 0.970. The number of carbonyl (C=O) groups is 1. The van der Waals surface area contributed by atoms with E-state index in [1.54, 1.807) is 6.08 Å². The van der Waals surface area contributed by atoms with E-state index in [0.717, 1.165) is 12.0 Å². The minimum atomic E-state index is -0.925. The molecule has 0 spiro atoms. The molecule has 0 aromatic carbocycles. The van der Waals surface area contributed by atoms with E-state index in [1.165, 1.54) is 6.21 Å². The van der Waals surface area contributed by atoms with E-state index in [0.29, 0.717) is 0 Å². The van der Waals surface area contributed by atoms with Gasteiger partial charge in [0.25, 0.3) is 0 Å². The van der Waals surface area contributed by atoms with Crippen molar-refractivity contribution in [3.05, 3.63) is 35.5 Å². The Kier molecular flexibility index (Phi) is 1.88. The van der Waals surface area contributed by atoms with Crippen molar-refractivity contribution in [2.75, 3.05) is 0 Å². The lowest BCUT2D eigenvalue weighted by Crippen LogP contribution is -2.28. The molecule has 0 fully saturated rings. The Morgan fingerprint density at radius 1 is 1.64 bits per heavy atom. The van der Waals surface area contributed by atoms with Gasteiger partial charge in [0.15, 0.2) is 0 Å². The SMILES string of the molecule is CC12CC=CC=C1C=C(C(=O)O)C=N2. The first-order valence-electron chi connectivity index (χ1n) is 4.49. The van der Waals surface area contributed by atoms with E-state index in [-0.39, 0.29) is 11.1 Å². The third-order valence-corrected chi connectivity index (χ3v) is 2.60. The molecule has 0 bridgehead atoms. The molecule has 1 aliphatic carbocycles. The van der Waals surface area contributed by atoms with Crippen LogP contribution in [-0.4, -0.2) is 22.8 Å². The Morgan fingerprint density at radius 2 is 2.43 bits per heavy atom. The Hall–Kier alpha value is -1.64. The summed E-state index contributed by atoms with van der Waals surface area (Å²) in [7, 11) is 0. The molecule has 2 aliphatic rings. The first kappa shape index (κ1) is 8.94. The van der Waals surface area contributed by atoms with Crippen LogP contribution in [0.5, 0.6) is 0 Å². The summed E-state index contributed by atoms with van der Waals surface area (Å²) >= 11 is 0. The number of carboxylic acid groups (broad SMARTS) is 1. The van der Waals surface area contributed by atoms with Gasteiger partial charge >= 0.3 is 5.97 Å². The standard InChI is InChI=1S/C11H11NO2/c1-11-5-3-2-4-9(11)6-8(7-12-11)10(13)14/h2-4,6-7H,5H2,1H3,(H,13,14). The van der Waals surface area contributed by atoms with Gasteiger partial charge in [-0.15, -0.1) is 0 Å². The summed E-state index contributed by atoms with van der Waals surface area (Å²) in [5, 5.41) is 8.81. The lowest BCUT2D eigenvalue weighted by atomic mass is 9.83. The number of rotatable bonds is 1. The number of aliphatic carboxylic acids is 1. The van der Waals surface area contributed by atoms with Crippen LogP contribution in [0.2, 0.25) is 0 Å². The fourth-order valence-corrected chi connectivity index (χ4v) is 1.63. The largest absolute Gasteiger partial charge is 0.478 e. The minimum Gasteiger partial charge on any atom is -0.478 e. The number of allylic oxidation sites excluding steroid dienone is 2. The van der Waals surface area contributed by atoms with Crippen LogP contribution >= 0.6 is 0 Å². The molecule has 1 aliphatic heterocycles. The Labute approximate surface area is 82.2 Å². The van der Waals surface area contributed by atoms with Gasteiger partial charge in [-0.25, -0.2) is 4.79 Å². The molecule has 2 rings (SSSR count). The zero-order chi connectivity index (χ0) is 10.2. The van der Waals surface area contributed by atoms with Gasteiger partial charge < -0.3 is 5.11 Å². The van der Waals surface area contributed by atoms with Crippen molar-refractivity contribution in [1.82, 2.24) is 0 Å². The minimum absolute atomic E-state index is 0.254. The van der Waals surface area contributed by atoms with Crippen LogP contribution in [0.25, 0.3) is 0 Å². The number of fused-ring (bicyclic) bond motifs is 1. The molecule has 3 nitrogen and oxygen atoms in total. The lowest BCUT2D eigenvalue weighted by Gasteiger charge is -2.30. The highest BCUT2D eigenvalue weighted by molar-refractivity contribution is 6.10. The third-order valence-electron chi connectivity index (χ3n) is 2.60. The van der Waals surface area contributed by atoms with Crippen molar-refractivity contribution in [2.24, 2.45) is 4.99 Å². The molecule has 1 heterocycles. The Morgan fingerprint density at radius 3 is 3.14 bits per heavy atom. The molecule has 0 amide bonds. The highest BCUT2D eigenvalue weighted by Gasteiger charge is 2.30. The van der Waals surface area contributed by atoms with Crippen LogP contribution in [0.1, 0.15) is 13.3 Å². The molecule has 1 unspecified atom stereocenters. The van der Waals surface area contributed by atoms with E-state index in [4.69, 9.17) is 5.11 Å². The quantitative estimate of drug-likeness (QED) is 0.682. The molecule has 72 valence electrons. The number of carboxylic acids is 1. The molecule has 3 heteroatoms. The predicted octanol–water partition coefficient (Wildman–Crippen LogP) is 1.73. The number of dihydropyridines is 1. The molecule has 1 N–H and O–H groups in total. The summed E-state index contributed by atoms with van der Waals surface area (Å²) in [4.78, 5) is 15.0. The molecular formula is C11H11NO2. The first-order chi connectivity index (χ1) is 6.62. The molecule has 14 heavy (non-hydrogen) atoms. The van der Waals surface area contributed by atoms with Gasteiger partial charge in [0.05, 0.1) is 11.1 Å². The van der Waals surface area contributed by atoms with Crippen LogP contribution in [0, 0.1) is 0 Å². The average Bonchev–Trinajstić information content (AvgIpc) is 2.16. The summed E-state index contributed by atoms with van der Waals surface area (Å²) in [6.07, 6.45) is 9.87. The lowest BCUT2D eigenvalue weighted by molar-refractivity contribution is -0.132. The molecule has 1 atom stereocenters. The average molecular weight is 189 g/mol. The molecule has 0 radical (unpaired) electrons. The van der Waals surface area contributed by atoms with Crippen molar-refractivity contribution in [1.29, 1.82) is 0 Å². The van der Waals surface area contributed by atoms with Crippen LogP contribution in [0.3, 0.4) is 0 Å². The predicted molar refractivity (Wildman–Crippen MR) is 54.5 cm³/mol. The van der Waals surface area contributed by atoms with Crippen LogP contribution in [-0.2, 0) is 4.79 Å². The van der Waals surface area contributed by atoms with Gasteiger partial charge in [0.1, 0.15) is 0 Å². The van der Waals surface area contributed by atoms with E-state index in [1.807, 2.05) is 25.2 Å². The van der Waals surface area contributed by atoms with E-state index < -0.39 is 5.97 Å². The molecule has 0 saturated heterocycles. The second-order valence-electron chi connectivity index (χ2n) is 3.69. The van der Waals surface area contributed by atoms with Crippen molar-refractivity contribution in [3.63, 3.8) is 0 Å². The van der Waals surface area contributed by atoms with Crippen molar-refractivity contribution >= 4 is 12.2 Å². The highest BCUT2D eigenvalue weighted by Crippen LogP contribution is 2.33. The normalized spacial score (nSPS) is 29.2. The summed E-state index contributed by atoms with van der Waals surface area (Å²) in [6, 6.07) is 0. The maximum absolute atomic E-state index is 10.7. The molecule has 0 aromatic heterocycles. The fraction of sp³-hybridized carbons (Fsp3) is 0.273. The number of aliphatic imine (C=N–C) groups is 1. The van der Waals surface area contributed by atoms with E-state index >= 15 is 0 Å². The monoisotopic (exact) mass is 189 g/mol. The number of nitrogens with zero attached hydrogens (tertiary/aromatic N) is 1. The summed E-state index contributed by atoms with van der Waals surface area (Å²) < 4.78 is 0. The van der Waals surface area contributed by atoms with Crippen LogP contribution < -0.4 is 0 Å². The first-order valence-corrected chi connectivity index (χ1v) is 4.49. The smallest absolute Gasteiger partial charge is 0.337 e. The van der Waals surface area contributed by atoms with Crippen molar-refractivity contribution in [3.8, 4) is 0 Å². The maximum atomic E-state index is 10.7. The summed E-state index contributed by atoms with van der Waals surface area (Å²) in [6.45, 7) is 2.01. The second-order valence-corrected chi connectivity index (χ2v) is 3.69. The van der Waals surface area contributed by atoms with Gasteiger partial charge in [-0.05, 0) is 25.0 Å². The van der Waals surface area contributed by atoms with Gasteiger partial charge in [0, 0.05) is 6.21 Å². The van der Waals surface area contributed by atoms with Crippen molar-refractivity contribution < 1.29 is 9.90 Å². The van der Waals surface area contributed by atoms with Crippen LogP contribution in [0.4, 0.5) is 0 Å². The van der Waals surface area contributed by atoms with E-state index in [2.05, 4.69) is 4.99 Å². The maximum Gasteiger partial charge on any atom is 0.337 e. The molecule has 0 aromatic rings. The topological polar surface area (TPSA) is 49.7 Å². The van der Waals surface area contributed by atoms with E-state index in [9.17, 15) is 4.79 Å². The second kappa shape index (κ2) is 2.94. The van der Waals surface area contributed by atoms with Gasteiger partial charge in [-0.2, -0.15) is 0 Å². The van der Waals surface area contributed by atoms with Gasteiger partial charge in [-0.3, -0.25) is 4.99 Å². The zero-order valence-corrected chi connectivity index (χ0v) is 7.90. The molecule has 0 saturated carbocycles. The Balaban J connectivity index is 2.43. The van der Waals surface area contributed by atoms with Crippen LogP contribution in [0.15, 0.2) is 40.4 Å². The summed E-state index contributed by atoms with van der Waals surface area (Å²) in [5.74, 6) is -0.925. The third kappa shape index (κ3) is 1.31. The van der Waals surface area contributed by atoms with Crippen molar-refractivity contribution in [2.45, 2.75) is 18.9 Å². The highest BCUT2D eigenvalue weighted by atomic mass is 16.4. The Bertz CT molecular complexity index is 402. The molecular weight excluding hydrogens is 178 g/mol. The number of hydrogen-bond donors (Lipinski definition) is 1. The zero-order valence-electron chi connectivity index (χ0n) is 7.90.